The zero-order valence-electron chi connectivity index (χ0n) is 12.0. The number of ether oxygens (including phenoxy) is 1. The summed E-state index contributed by atoms with van der Waals surface area (Å²) in [5, 5.41) is 0. The van der Waals surface area contributed by atoms with Gasteiger partial charge in [0.25, 0.3) is 0 Å². The first kappa shape index (κ1) is 15.3. The Kier molecular flexibility index (Phi) is 5.57. The molecule has 1 saturated heterocycles. The SMILES string of the molecule is NC(=O)CN1CCN(C(=O)CCOc2ccccc2)CC1. The number of carbonyl (C=O) groups excluding carboxylic acids is 2. The summed E-state index contributed by atoms with van der Waals surface area (Å²) in [6.45, 7) is 3.29. The van der Waals surface area contributed by atoms with Gasteiger partial charge in [-0.15, -0.1) is 0 Å². The number of primary amides is 1. The first-order valence-electron chi connectivity index (χ1n) is 7.11. The van der Waals surface area contributed by atoms with Crippen molar-refractivity contribution in [3.63, 3.8) is 0 Å². The van der Waals surface area contributed by atoms with E-state index in [1.54, 1.807) is 0 Å². The summed E-state index contributed by atoms with van der Waals surface area (Å²) in [7, 11) is 0. The van der Waals surface area contributed by atoms with Gasteiger partial charge >= 0.3 is 0 Å². The lowest BCUT2D eigenvalue weighted by Gasteiger charge is -2.34. The molecule has 0 atom stereocenters. The van der Waals surface area contributed by atoms with Gasteiger partial charge in [-0.25, -0.2) is 0 Å². The number of rotatable bonds is 6. The lowest BCUT2D eigenvalue weighted by Crippen LogP contribution is -2.50. The first-order valence-corrected chi connectivity index (χ1v) is 7.11. The van der Waals surface area contributed by atoms with Crippen molar-refractivity contribution < 1.29 is 14.3 Å². The largest absolute Gasteiger partial charge is 0.493 e. The summed E-state index contributed by atoms with van der Waals surface area (Å²) in [5.41, 5.74) is 5.16. The molecule has 1 heterocycles. The van der Waals surface area contributed by atoms with E-state index < -0.39 is 0 Å². The predicted octanol–water partition coefficient (Wildman–Crippen LogP) is 0.0850. The number of nitrogens with two attached hydrogens (primary N) is 1. The van der Waals surface area contributed by atoms with Gasteiger partial charge in [0.1, 0.15) is 5.75 Å². The number of benzene rings is 1. The molecule has 6 heteroatoms. The Morgan fingerprint density at radius 2 is 1.76 bits per heavy atom. The zero-order chi connectivity index (χ0) is 15.1. The maximum absolute atomic E-state index is 12.1. The van der Waals surface area contributed by atoms with Crippen molar-refractivity contribution >= 4 is 11.8 Å². The smallest absolute Gasteiger partial charge is 0.231 e. The van der Waals surface area contributed by atoms with Gasteiger partial charge in [0.05, 0.1) is 19.6 Å². The van der Waals surface area contributed by atoms with Gasteiger partial charge in [0.15, 0.2) is 0 Å². The number of carbonyl (C=O) groups is 2. The fraction of sp³-hybridized carbons (Fsp3) is 0.467. The Labute approximate surface area is 124 Å². The Hall–Kier alpha value is -2.08. The molecule has 0 radical (unpaired) electrons. The van der Waals surface area contributed by atoms with Gasteiger partial charge in [0.2, 0.25) is 11.8 Å². The van der Waals surface area contributed by atoms with Crippen molar-refractivity contribution in [3.8, 4) is 5.75 Å². The fourth-order valence-electron chi connectivity index (χ4n) is 2.31. The molecular formula is C15H21N3O3. The monoisotopic (exact) mass is 291 g/mol. The molecule has 0 saturated carbocycles. The van der Waals surface area contributed by atoms with Gasteiger partial charge in [-0.2, -0.15) is 0 Å². The van der Waals surface area contributed by atoms with E-state index in [1.165, 1.54) is 0 Å². The topological polar surface area (TPSA) is 75.9 Å². The molecule has 0 unspecified atom stereocenters. The van der Waals surface area contributed by atoms with Crippen LogP contribution >= 0.6 is 0 Å². The van der Waals surface area contributed by atoms with E-state index in [1.807, 2.05) is 40.1 Å². The summed E-state index contributed by atoms with van der Waals surface area (Å²) >= 11 is 0. The Bertz CT molecular complexity index is 470. The third-order valence-electron chi connectivity index (χ3n) is 3.43. The van der Waals surface area contributed by atoms with Crippen molar-refractivity contribution in [1.29, 1.82) is 0 Å². The van der Waals surface area contributed by atoms with Gasteiger partial charge in [-0.1, -0.05) is 18.2 Å². The third-order valence-corrected chi connectivity index (χ3v) is 3.43. The highest BCUT2D eigenvalue weighted by atomic mass is 16.5. The molecule has 1 aliphatic rings. The molecule has 0 aromatic heterocycles. The molecule has 21 heavy (non-hydrogen) atoms. The number of para-hydroxylation sites is 1. The van der Waals surface area contributed by atoms with E-state index in [0.29, 0.717) is 39.2 Å². The highest BCUT2D eigenvalue weighted by Crippen LogP contribution is 2.09. The minimum absolute atomic E-state index is 0.0876. The normalized spacial score (nSPS) is 15.7. The van der Waals surface area contributed by atoms with Crippen molar-refractivity contribution in [2.24, 2.45) is 5.73 Å². The number of piperazine rings is 1. The van der Waals surface area contributed by atoms with Crippen LogP contribution in [0.25, 0.3) is 0 Å². The summed E-state index contributed by atoms with van der Waals surface area (Å²) < 4.78 is 5.52. The fourth-order valence-corrected chi connectivity index (χ4v) is 2.31. The van der Waals surface area contributed by atoms with E-state index >= 15 is 0 Å². The highest BCUT2D eigenvalue weighted by molar-refractivity contribution is 5.77. The summed E-state index contributed by atoms with van der Waals surface area (Å²) in [5.74, 6) is 0.535. The summed E-state index contributed by atoms with van der Waals surface area (Å²) in [4.78, 5) is 26.7. The zero-order valence-corrected chi connectivity index (χ0v) is 12.0. The molecule has 6 nitrogen and oxygen atoms in total. The Balaban J connectivity index is 1.67. The second kappa shape index (κ2) is 7.64. The van der Waals surface area contributed by atoms with Crippen molar-refractivity contribution in [3.05, 3.63) is 30.3 Å². The molecule has 1 aromatic carbocycles. The lowest BCUT2D eigenvalue weighted by atomic mass is 10.2. The quantitative estimate of drug-likeness (QED) is 0.805. The van der Waals surface area contributed by atoms with Gasteiger partial charge in [-0.3, -0.25) is 14.5 Å². The van der Waals surface area contributed by atoms with Crippen LogP contribution in [-0.4, -0.2) is 60.9 Å². The average Bonchev–Trinajstić information content (AvgIpc) is 2.48. The summed E-state index contributed by atoms with van der Waals surface area (Å²) in [6.07, 6.45) is 0.366. The van der Waals surface area contributed by atoms with Crippen LogP contribution < -0.4 is 10.5 Å². The molecule has 1 fully saturated rings. The molecule has 0 aliphatic carbocycles. The molecule has 0 bridgehead atoms. The molecule has 114 valence electrons. The standard InChI is InChI=1S/C15H21N3O3/c16-14(19)12-17-7-9-18(10-8-17)15(20)6-11-21-13-4-2-1-3-5-13/h1-5H,6-12H2,(H2,16,19). The van der Waals surface area contributed by atoms with Crippen molar-refractivity contribution in [2.75, 3.05) is 39.3 Å². The van der Waals surface area contributed by atoms with E-state index in [0.717, 1.165) is 5.75 Å². The molecular weight excluding hydrogens is 270 g/mol. The second-order valence-electron chi connectivity index (χ2n) is 5.03. The van der Waals surface area contributed by atoms with Crippen LogP contribution in [0.2, 0.25) is 0 Å². The molecule has 0 spiro atoms. The van der Waals surface area contributed by atoms with Gasteiger partial charge < -0.3 is 15.4 Å². The van der Waals surface area contributed by atoms with Crippen LogP contribution in [0, 0.1) is 0 Å². The molecule has 2 rings (SSSR count). The highest BCUT2D eigenvalue weighted by Gasteiger charge is 2.21. The van der Waals surface area contributed by atoms with E-state index in [-0.39, 0.29) is 18.4 Å². The van der Waals surface area contributed by atoms with Crippen LogP contribution in [-0.2, 0) is 9.59 Å². The van der Waals surface area contributed by atoms with E-state index in [2.05, 4.69) is 0 Å². The van der Waals surface area contributed by atoms with Crippen LogP contribution in [0.3, 0.4) is 0 Å². The van der Waals surface area contributed by atoms with Crippen LogP contribution in [0.5, 0.6) is 5.75 Å². The maximum Gasteiger partial charge on any atom is 0.231 e. The molecule has 2 amide bonds. The van der Waals surface area contributed by atoms with Crippen LogP contribution in [0.4, 0.5) is 0 Å². The minimum atomic E-state index is -0.328. The summed E-state index contributed by atoms with van der Waals surface area (Å²) in [6, 6.07) is 9.45. The average molecular weight is 291 g/mol. The minimum Gasteiger partial charge on any atom is -0.493 e. The Morgan fingerprint density at radius 1 is 1.10 bits per heavy atom. The van der Waals surface area contributed by atoms with E-state index in [4.69, 9.17) is 10.5 Å². The molecule has 2 N–H and O–H groups in total. The number of hydrogen-bond acceptors (Lipinski definition) is 4. The van der Waals surface area contributed by atoms with E-state index in [9.17, 15) is 9.59 Å². The first-order chi connectivity index (χ1) is 10.1. The van der Waals surface area contributed by atoms with Crippen LogP contribution in [0.1, 0.15) is 6.42 Å². The number of hydrogen-bond donors (Lipinski definition) is 1. The van der Waals surface area contributed by atoms with Crippen LogP contribution in [0.15, 0.2) is 30.3 Å². The molecule has 1 aliphatic heterocycles. The third kappa shape index (κ3) is 5.07. The maximum atomic E-state index is 12.1. The molecule has 1 aromatic rings. The Morgan fingerprint density at radius 3 is 2.38 bits per heavy atom. The second-order valence-corrected chi connectivity index (χ2v) is 5.03. The number of nitrogens with zero attached hydrogens (tertiary/aromatic N) is 2. The van der Waals surface area contributed by atoms with Gasteiger partial charge in [-0.05, 0) is 12.1 Å². The van der Waals surface area contributed by atoms with Crippen molar-refractivity contribution in [1.82, 2.24) is 9.80 Å². The van der Waals surface area contributed by atoms with Crippen molar-refractivity contribution in [2.45, 2.75) is 6.42 Å². The van der Waals surface area contributed by atoms with Gasteiger partial charge in [0, 0.05) is 26.2 Å². The lowest BCUT2D eigenvalue weighted by molar-refractivity contribution is -0.133. The number of amides is 2. The predicted molar refractivity (Wildman–Crippen MR) is 78.8 cm³/mol.